The maximum Gasteiger partial charge on any atom is 0.142 e. The third-order valence-corrected chi connectivity index (χ3v) is 4.37. The molecule has 4 nitrogen and oxygen atoms in total. The van der Waals surface area contributed by atoms with Crippen LogP contribution in [0.1, 0.15) is 24.2 Å². The molecule has 0 unspecified atom stereocenters. The van der Waals surface area contributed by atoms with Gasteiger partial charge in [-0.25, -0.2) is 9.97 Å². The predicted molar refractivity (Wildman–Crippen MR) is 86.7 cm³/mol. The summed E-state index contributed by atoms with van der Waals surface area (Å²) in [5.74, 6) is 2.64. The molecule has 1 fully saturated rings. The van der Waals surface area contributed by atoms with Crippen LogP contribution in [0.3, 0.4) is 0 Å². The highest BCUT2D eigenvalue weighted by atomic mass is 16.5. The third kappa shape index (κ3) is 4.04. The van der Waals surface area contributed by atoms with Crippen LogP contribution in [-0.4, -0.2) is 35.1 Å². The second kappa shape index (κ2) is 7.36. The lowest BCUT2D eigenvalue weighted by Crippen LogP contribution is -2.34. The monoisotopic (exact) mass is 297 g/mol. The fraction of sp³-hybridized carbons (Fsp3) is 0.444. The molecule has 0 atom stereocenters. The molecule has 22 heavy (non-hydrogen) atoms. The summed E-state index contributed by atoms with van der Waals surface area (Å²) in [6.45, 7) is 3.15. The average molecular weight is 297 g/mol. The molecule has 0 aliphatic carbocycles. The van der Waals surface area contributed by atoms with Crippen molar-refractivity contribution in [3.05, 3.63) is 54.1 Å². The molecule has 1 aliphatic rings. The van der Waals surface area contributed by atoms with Gasteiger partial charge in [0.05, 0.1) is 13.7 Å². The molecule has 2 aromatic rings. The highest BCUT2D eigenvalue weighted by Gasteiger charge is 2.20. The number of rotatable bonds is 5. The van der Waals surface area contributed by atoms with Gasteiger partial charge in [0.1, 0.15) is 11.6 Å². The molecule has 3 rings (SSSR count). The van der Waals surface area contributed by atoms with E-state index in [2.05, 4.69) is 39.1 Å². The summed E-state index contributed by atoms with van der Waals surface area (Å²) in [4.78, 5) is 11.1. The Bertz CT molecular complexity index is 563. The van der Waals surface area contributed by atoms with Gasteiger partial charge in [0.25, 0.3) is 0 Å². The van der Waals surface area contributed by atoms with Crippen molar-refractivity contribution in [2.24, 2.45) is 5.92 Å². The number of piperidine rings is 1. The number of benzene rings is 1. The molecule has 0 radical (unpaired) electrons. The SMILES string of the molecule is COc1ccc(CC2CCN(Cc3ncccn3)CC2)cc1. The van der Waals surface area contributed by atoms with E-state index < -0.39 is 0 Å². The molecule has 2 heterocycles. The van der Waals surface area contributed by atoms with Gasteiger partial charge in [-0.2, -0.15) is 0 Å². The van der Waals surface area contributed by atoms with Gasteiger partial charge >= 0.3 is 0 Å². The van der Waals surface area contributed by atoms with Crippen molar-refractivity contribution >= 4 is 0 Å². The first-order valence-electron chi connectivity index (χ1n) is 7.94. The summed E-state index contributed by atoms with van der Waals surface area (Å²) < 4.78 is 5.21. The molecule has 4 heteroatoms. The third-order valence-electron chi connectivity index (χ3n) is 4.37. The minimum Gasteiger partial charge on any atom is -0.497 e. The smallest absolute Gasteiger partial charge is 0.142 e. The van der Waals surface area contributed by atoms with Crippen LogP contribution >= 0.6 is 0 Å². The van der Waals surface area contributed by atoms with Crippen molar-refractivity contribution in [3.63, 3.8) is 0 Å². The highest BCUT2D eigenvalue weighted by molar-refractivity contribution is 5.27. The second-order valence-electron chi connectivity index (χ2n) is 5.94. The van der Waals surface area contributed by atoms with Gasteiger partial charge in [0.2, 0.25) is 0 Å². The Kier molecular flexibility index (Phi) is 5.01. The topological polar surface area (TPSA) is 38.2 Å². The second-order valence-corrected chi connectivity index (χ2v) is 5.94. The Morgan fingerprint density at radius 2 is 1.77 bits per heavy atom. The summed E-state index contributed by atoms with van der Waals surface area (Å²) in [6.07, 6.45) is 7.30. The zero-order chi connectivity index (χ0) is 15.2. The maximum absolute atomic E-state index is 5.21. The average Bonchev–Trinajstić information content (AvgIpc) is 2.58. The largest absolute Gasteiger partial charge is 0.497 e. The minimum absolute atomic E-state index is 0.779. The van der Waals surface area contributed by atoms with Crippen LogP contribution in [0.4, 0.5) is 0 Å². The Labute approximate surface area is 132 Å². The molecular formula is C18H23N3O. The number of likely N-dealkylation sites (tertiary alicyclic amines) is 1. The van der Waals surface area contributed by atoms with Crippen LogP contribution in [0.25, 0.3) is 0 Å². The van der Waals surface area contributed by atoms with Crippen molar-refractivity contribution in [2.75, 3.05) is 20.2 Å². The number of hydrogen-bond donors (Lipinski definition) is 0. The van der Waals surface area contributed by atoms with E-state index in [0.29, 0.717) is 0 Å². The summed E-state index contributed by atoms with van der Waals surface area (Å²) in [7, 11) is 1.71. The molecule has 0 amide bonds. The molecular weight excluding hydrogens is 274 g/mol. The summed E-state index contributed by atoms with van der Waals surface area (Å²) in [5.41, 5.74) is 1.41. The lowest BCUT2D eigenvalue weighted by atomic mass is 9.90. The number of hydrogen-bond acceptors (Lipinski definition) is 4. The van der Waals surface area contributed by atoms with Crippen molar-refractivity contribution in [2.45, 2.75) is 25.8 Å². The van der Waals surface area contributed by atoms with Crippen molar-refractivity contribution in [1.29, 1.82) is 0 Å². The zero-order valence-corrected chi connectivity index (χ0v) is 13.1. The molecule has 1 aliphatic heterocycles. The van der Waals surface area contributed by atoms with Crippen LogP contribution in [0, 0.1) is 5.92 Å². The lowest BCUT2D eigenvalue weighted by Gasteiger charge is -2.31. The fourth-order valence-electron chi connectivity index (χ4n) is 3.06. The van der Waals surface area contributed by atoms with E-state index in [1.165, 1.54) is 24.8 Å². The molecule has 0 N–H and O–H groups in total. The first-order valence-corrected chi connectivity index (χ1v) is 7.94. The molecule has 0 spiro atoms. The van der Waals surface area contributed by atoms with Gasteiger partial charge in [0.15, 0.2) is 0 Å². The van der Waals surface area contributed by atoms with E-state index in [-0.39, 0.29) is 0 Å². The summed E-state index contributed by atoms with van der Waals surface area (Å²) >= 11 is 0. The number of aromatic nitrogens is 2. The molecule has 0 bridgehead atoms. The van der Waals surface area contributed by atoms with E-state index in [9.17, 15) is 0 Å². The normalized spacial score (nSPS) is 16.6. The first kappa shape index (κ1) is 15.0. The highest BCUT2D eigenvalue weighted by Crippen LogP contribution is 2.23. The molecule has 116 valence electrons. The Hall–Kier alpha value is -1.94. The van der Waals surface area contributed by atoms with Gasteiger partial charge in [-0.05, 0) is 62.0 Å². The van der Waals surface area contributed by atoms with Crippen LogP contribution in [0.2, 0.25) is 0 Å². The van der Waals surface area contributed by atoms with Crippen LogP contribution in [0.15, 0.2) is 42.7 Å². The standard InChI is InChI=1S/C18H23N3O/c1-22-17-5-3-15(4-6-17)13-16-7-11-21(12-8-16)14-18-19-9-2-10-20-18/h2-6,9-10,16H,7-8,11-14H2,1H3. The van der Waals surface area contributed by atoms with Crippen molar-refractivity contribution in [3.8, 4) is 5.75 Å². The van der Waals surface area contributed by atoms with Gasteiger partial charge < -0.3 is 4.74 Å². The molecule has 1 saturated heterocycles. The summed E-state index contributed by atoms with van der Waals surface area (Å²) in [6, 6.07) is 10.3. The van der Waals surface area contributed by atoms with Gasteiger partial charge in [0, 0.05) is 12.4 Å². The fourth-order valence-corrected chi connectivity index (χ4v) is 3.06. The molecule has 1 aromatic carbocycles. The Morgan fingerprint density at radius 1 is 1.09 bits per heavy atom. The van der Waals surface area contributed by atoms with Crippen LogP contribution < -0.4 is 4.74 Å². The maximum atomic E-state index is 5.21. The minimum atomic E-state index is 0.779. The van der Waals surface area contributed by atoms with Crippen molar-refractivity contribution < 1.29 is 4.74 Å². The Balaban J connectivity index is 1.47. The molecule has 1 aromatic heterocycles. The van der Waals surface area contributed by atoms with E-state index >= 15 is 0 Å². The van der Waals surface area contributed by atoms with Crippen LogP contribution in [0.5, 0.6) is 5.75 Å². The Morgan fingerprint density at radius 3 is 2.41 bits per heavy atom. The van der Waals surface area contributed by atoms with Crippen molar-refractivity contribution in [1.82, 2.24) is 14.9 Å². The quantitative estimate of drug-likeness (QED) is 0.850. The van der Waals surface area contributed by atoms with E-state index in [0.717, 1.165) is 37.1 Å². The number of ether oxygens (including phenoxy) is 1. The zero-order valence-electron chi connectivity index (χ0n) is 13.1. The van der Waals surface area contributed by atoms with E-state index in [1.807, 2.05) is 18.5 Å². The van der Waals surface area contributed by atoms with Gasteiger partial charge in [-0.1, -0.05) is 12.1 Å². The first-order chi connectivity index (χ1) is 10.8. The molecule has 0 saturated carbocycles. The summed E-state index contributed by atoms with van der Waals surface area (Å²) in [5, 5.41) is 0. The predicted octanol–water partition coefficient (Wildman–Crippen LogP) is 2.94. The van der Waals surface area contributed by atoms with E-state index in [1.54, 1.807) is 7.11 Å². The van der Waals surface area contributed by atoms with Gasteiger partial charge in [-0.3, -0.25) is 4.90 Å². The van der Waals surface area contributed by atoms with E-state index in [4.69, 9.17) is 4.74 Å². The van der Waals surface area contributed by atoms with Gasteiger partial charge in [-0.15, -0.1) is 0 Å². The van der Waals surface area contributed by atoms with Crippen LogP contribution in [-0.2, 0) is 13.0 Å². The lowest BCUT2D eigenvalue weighted by molar-refractivity contribution is 0.173. The number of nitrogens with zero attached hydrogens (tertiary/aromatic N) is 3. The number of methoxy groups -OCH3 is 1.